The lowest BCUT2D eigenvalue weighted by atomic mass is 9.76. The molecule has 2 aliphatic heterocycles. The zero-order valence-electron chi connectivity index (χ0n) is 15.1. The molecule has 1 aliphatic carbocycles. The van der Waals surface area contributed by atoms with Gasteiger partial charge in [0.25, 0.3) is 5.91 Å². The van der Waals surface area contributed by atoms with Gasteiger partial charge < -0.3 is 20.0 Å². The Balaban J connectivity index is 1.44. The Labute approximate surface area is 157 Å². The van der Waals surface area contributed by atoms with Crippen LogP contribution >= 0.6 is 0 Å². The molecule has 0 unspecified atom stereocenters. The summed E-state index contributed by atoms with van der Waals surface area (Å²) in [5.74, 6) is -1.01. The second kappa shape index (κ2) is 6.55. The molecular formula is C20H24N2O5. The summed E-state index contributed by atoms with van der Waals surface area (Å²) >= 11 is 0. The fourth-order valence-corrected chi connectivity index (χ4v) is 4.44. The Hall–Kier alpha value is -2.57. The van der Waals surface area contributed by atoms with E-state index in [1.807, 2.05) is 0 Å². The van der Waals surface area contributed by atoms with E-state index < -0.39 is 12.0 Å². The summed E-state index contributed by atoms with van der Waals surface area (Å²) in [7, 11) is 0. The van der Waals surface area contributed by atoms with Crippen LogP contribution in [0.5, 0.6) is 5.75 Å². The van der Waals surface area contributed by atoms with Gasteiger partial charge in [0.2, 0.25) is 5.91 Å². The van der Waals surface area contributed by atoms with E-state index in [0.29, 0.717) is 44.5 Å². The van der Waals surface area contributed by atoms with Crippen LogP contribution in [0.3, 0.4) is 0 Å². The second-order valence-corrected chi connectivity index (χ2v) is 8.14. The number of nitrogens with zero attached hydrogens (tertiary/aromatic N) is 2. The molecule has 1 spiro atoms. The van der Waals surface area contributed by atoms with Crippen molar-refractivity contribution in [3.8, 4) is 5.75 Å². The van der Waals surface area contributed by atoms with Crippen molar-refractivity contribution in [2.45, 2.75) is 38.1 Å². The Bertz CT molecular complexity index is 780. The topological polar surface area (TPSA) is 98.2 Å². The minimum Gasteiger partial charge on any atom is -0.508 e. The zero-order valence-corrected chi connectivity index (χ0v) is 15.1. The number of likely N-dealkylation sites (tertiary alicyclic amines) is 2. The summed E-state index contributed by atoms with van der Waals surface area (Å²) in [4.78, 5) is 40.2. The molecule has 3 aliphatic rings. The van der Waals surface area contributed by atoms with Crippen LogP contribution in [-0.4, -0.2) is 63.5 Å². The number of hydrogen-bond donors (Lipinski definition) is 2. The monoisotopic (exact) mass is 372 g/mol. The van der Waals surface area contributed by atoms with Crippen molar-refractivity contribution in [2.75, 3.05) is 19.6 Å². The number of carbonyl (C=O) groups excluding carboxylic acids is 2. The number of aromatic hydroxyl groups is 1. The van der Waals surface area contributed by atoms with Gasteiger partial charge in [0.05, 0.1) is 0 Å². The van der Waals surface area contributed by atoms with E-state index >= 15 is 0 Å². The maximum atomic E-state index is 12.7. The molecular weight excluding hydrogens is 348 g/mol. The Morgan fingerprint density at radius 1 is 1.11 bits per heavy atom. The number of aliphatic carboxylic acids is 1. The van der Waals surface area contributed by atoms with Gasteiger partial charge in [-0.3, -0.25) is 9.59 Å². The Kier molecular flexibility index (Phi) is 4.32. The van der Waals surface area contributed by atoms with E-state index in [0.717, 1.165) is 12.8 Å². The predicted molar refractivity (Wildman–Crippen MR) is 96.2 cm³/mol. The molecule has 144 valence electrons. The highest BCUT2D eigenvalue weighted by atomic mass is 16.4. The summed E-state index contributed by atoms with van der Waals surface area (Å²) in [5, 5.41) is 19.2. The second-order valence-electron chi connectivity index (χ2n) is 8.14. The zero-order chi connectivity index (χ0) is 19.2. The Morgan fingerprint density at radius 2 is 1.81 bits per heavy atom. The lowest BCUT2D eigenvalue weighted by Gasteiger charge is -2.39. The smallest absolute Gasteiger partial charge is 0.326 e. The van der Waals surface area contributed by atoms with Crippen molar-refractivity contribution in [3.63, 3.8) is 0 Å². The molecule has 7 nitrogen and oxygen atoms in total. The molecule has 7 heteroatoms. The van der Waals surface area contributed by atoms with Crippen LogP contribution < -0.4 is 0 Å². The number of carbonyl (C=O) groups is 3. The molecule has 1 aromatic carbocycles. The average molecular weight is 372 g/mol. The molecule has 27 heavy (non-hydrogen) atoms. The third kappa shape index (κ3) is 3.38. The van der Waals surface area contributed by atoms with Gasteiger partial charge in [-0.1, -0.05) is 6.07 Å². The quantitative estimate of drug-likeness (QED) is 0.842. The third-order valence-electron chi connectivity index (χ3n) is 6.21. The highest BCUT2D eigenvalue weighted by Gasteiger charge is 2.52. The molecule has 2 heterocycles. The van der Waals surface area contributed by atoms with Crippen molar-refractivity contribution < 1.29 is 24.6 Å². The lowest BCUT2D eigenvalue weighted by molar-refractivity contribution is -0.148. The fourth-order valence-electron chi connectivity index (χ4n) is 4.44. The fraction of sp³-hybridized carbons (Fsp3) is 0.550. The SMILES string of the molecule is O=C(O)[C@H]1CC2(CCN(C(=O)c3cccc(O)c3)CC2)CN1C(=O)C1CC1. The Morgan fingerprint density at radius 3 is 2.41 bits per heavy atom. The molecule has 1 aromatic rings. The first kappa shape index (κ1) is 17.8. The number of phenolic OH excluding ortho intramolecular Hbond substituents is 1. The maximum Gasteiger partial charge on any atom is 0.326 e. The molecule has 1 saturated carbocycles. The molecule has 1 atom stereocenters. The van der Waals surface area contributed by atoms with Crippen LogP contribution in [0.1, 0.15) is 42.5 Å². The number of carboxylic acids is 1. The van der Waals surface area contributed by atoms with Gasteiger partial charge in [-0.2, -0.15) is 0 Å². The summed E-state index contributed by atoms with van der Waals surface area (Å²) in [5.41, 5.74) is 0.231. The van der Waals surface area contributed by atoms with Crippen LogP contribution in [0.2, 0.25) is 0 Å². The van der Waals surface area contributed by atoms with E-state index in [-0.39, 0.29) is 28.9 Å². The van der Waals surface area contributed by atoms with Gasteiger partial charge in [-0.15, -0.1) is 0 Å². The van der Waals surface area contributed by atoms with Crippen LogP contribution in [0.15, 0.2) is 24.3 Å². The van der Waals surface area contributed by atoms with Crippen LogP contribution in [0, 0.1) is 11.3 Å². The van der Waals surface area contributed by atoms with E-state index in [4.69, 9.17) is 0 Å². The van der Waals surface area contributed by atoms with Crippen molar-refractivity contribution >= 4 is 17.8 Å². The van der Waals surface area contributed by atoms with Crippen molar-refractivity contribution in [3.05, 3.63) is 29.8 Å². The molecule has 2 N–H and O–H groups in total. The standard InChI is InChI=1S/C20H24N2O5/c23-15-3-1-2-14(10-15)17(24)21-8-6-20(7-9-21)11-16(19(26)27)22(12-20)18(25)13-4-5-13/h1-3,10,13,16,23H,4-9,11-12H2,(H,26,27)/t16-/m1/s1. The minimum absolute atomic E-state index is 0.00873. The molecule has 0 aromatic heterocycles. The molecule has 4 rings (SSSR count). The normalized spacial score (nSPS) is 24.2. The molecule has 2 amide bonds. The summed E-state index contributed by atoms with van der Waals surface area (Å²) in [6.45, 7) is 1.55. The maximum absolute atomic E-state index is 12.7. The highest BCUT2D eigenvalue weighted by molar-refractivity contribution is 5.94. The van der Waals surface area contributed by atoms with Gasteiger partial charge in [0.1, 0.15) is 11.8 Å². The highest BCUT2D eigenvalue weighted by Crippen LogP contribution is 2.45. The largest absolute Gasteiger partial charge is 0.508 e. The first-order chi connectivity index (χ1) is 12.9. The predicted octanol–water partition coefficient (Wildman–Crippen LogP) is 1.71. The van der Waals surface area contributed by atoms with Gasteiger partial charge in [-0.05, 0) is 55.7 Å². The van der Waals surface area contributed by atoms with Gasteiger partial charge in [-0.25, -0.2) is 4.79 Å². The number of phenols is 1. The lowest BCUT2D eigenvalue weighted by Crippen LogP contribution is -2.45. The first-order valence-electron chi connectivity index (χ1n) is 9.50. The minimum atomic E-state index is -0.931. The third-order valence-corrected chi connectivity index (χ3v) is 6.21. The molecule has 3 fully saturated rings. The van der Waals surface area contributed by atoms with Crippen molar-refractivity contribution in [1.82, 2.24) is 9.80 Å². The van der Waals surface area contributed by atoms with Crippen molar-refractivity contribution in [1.29, 1.82) is 0 Å². The van der Waals surface area contributed by atoms with Gasteiger partial charge >= 0.3 is 5.97 Å². The number of carboxylic acid groups (broad SMARTS) is 1. The molecule has 0 radical (unpaired) electrons. The van der Waals surface area contributed by atoms with E-state index in [2.05, 4.69) is 0 Å². The van der Waals surface area contributed by atoms with Crippen LogP contribution in [0.25, 0.3) is 0 Å². The number of rotatable bonds is 3. The number of hydrogen-bond acceptors (Lipinski definition) is 4. The van der Waals surface area contributed by atoms with E-state index in [1.165, 1.54) is 12.1 Å². The summed E-state index contributed by atoms with van der Waals surface area (Å²) < 4.78 is 0. The summed E-state index contributed by atoms with van der Waals surface area (Å²) in [6, 6.07) is 5.56. The number of piperidine rings is 1. The molecule has 0 bridgehead atoms. The first-order valence-corrected chi connectivity index (χ1v) is 9.50. The van der Waals surface area contributed by atoms with Crippen LogP contribution in [-0.2, 0) is 9.59 Å². The number of benzene rings is 1. The van der Waals surface area contributed by atoms with Gasteiger partial charge in [0, 0.05) is 31.1 Å². The van der Waals surface area contributed by atoms with Crippen LogP contribution in [0.4, 0.5) is 0 Å². The van der Waals surface area contributed by atoms with Crippen molar-refractivity contribution in [2.24, 2.45) is 11.3 Å². The number of amides is 2. The average Bonchev–Trinajstić information content (AvgIpc) is 3.43. The van der Waals surface area contributed by atoms with E-state index in [9.17, 15) is 24.6 Å². The van der Waals surface area contributed by atoms with E-state index in [1.54, 1.807) is 21.9 Å². The van der Waals surface area contributed by atoms with Gasteiger partial charge in [0.15, 0.2) is 0 Å². The molecule has 2 saturated heterocycles. The summed E-state index contributed by atoms with van der Waals surface area (Å²) in [6.07, 6.45) is 3.57.